The summed E-state index contributed by atoms with van der Waals surface area (Å²) in [6.45, 7) is 0.838. The molecule has 0 atom stereocenters. The molecule has 0 unspecified atom stereocenters. The van der Waals surface area contributed by atoms with Gasteiger partial charge in [0, 0.05) is 4.90 Å². The van der Waals surface area contributed by atoms with Crippen LogP contribution in [0.1, 0.15) is 12.8 Å². The highest BCUT2D eigenvalue weighted by molar-refractivity contribution is 7.99. The van der Waals surface area contributed by atoms with Crippen molar-refractivity contribution in [1.82, 2.24) is 0 Å². The van der Waals surface area contributed by atoms with Gasteiger partial charge in [0.05, 0.1) is 18.2 Å². The van der Waals surface area contributed by atoms with Gasteiger partial charge in [0.1, 0.15) is 5.82 Å². The molecular weight excluding hydrogens is 213 g/mol. The van der Waals surface area contributed by atoms with Crippen LogP contribution in [0.15, 0.2) is 23.1 Å². The molecule has 1 aromatic carbocycles. The molecule has 2 N–H and O–H groups in total. The predicted molar refractivity (Wildman–Crippen MR) is 60.2 cm³/mol. The Morgan fingerprint density at radius 2 is 2.27 bits per heavy atom. The third kappa shape index (κ3) is 3.39. The van der Waals surface area contributed by atoms with Gasteiger partial charge in [-0.15, -0.1) is 0 Å². The van der Waals surface area contributed by atoms with E-state index in [1.807, 2.05) is 6.07 Å². The van der Waals surface area contributed by atoms with E-state index in [9.17, 15) is 4.39 Å². The molecule has 0 spiro atoms. The van der Waals surface area contributed by atoms with Crippen molar-refractivity contribution < 1.29 is 9.13 Å². The molecule has 1 fully saturated rings. The quantitative estimate of drug-likeness (QED) is 0.363. The Bertz CT molecular complexity index is 341. The van der Waals surface area contributed by atoms with Gasteiger partial charge in [-0.1, -0.05) is 11.8 Å². The fourth-order valence-corrected chi connectivity index (χ4v) is 1.87. The van der Waals surface area contributed by atoms with Crippen molar-refractivity contribution in [1.29, 1.82) is 0 Å². The number of rotatable bonds is 5. The first-order valence-electron chi connectivity index (χ1n) is 5.01. The third-order valence-corrected chi connectivity index (χ3v) is 3.20. The molecule has 0 amide bonds. The van der Waals surface area contributed by atoms with Crippen LogP contribution in [0, 0.1) is 11.7 Å². The van der Waals surface area contributed by atoms with E-state index in [2.05, 4.69) is 0 Å². The zero-order valence-corrected chi connectivity index (χ0v) is 9.23. The molecule has 1 aliphatic carbocycles. The summed E-state index contributed by atoms with van der Waals surface area (Å²) < 4.78 is 18.5. The fourth-order valence-electron chi connectivity index (χ4n) is 1.21. The number of halogens is 1. The standard InChI is InChI=1S/C11H14FNOS/c12-10-5-9(3-4-11(10)13)15-7-14-6-8-1-2-8/h3-5,8H,1-2,6-7,13H2. The Kier molecular flexibility index (Phi) is 3.49. The SMILES string of the molecule is Nc1ccc(SCOCC2CC2)cc1F. The number of hydrogen-bond donors (Lipinski definition) is 1. The third-order valence-electron chi connectivity index (χ3n) is 2.33. The maximum Gasteiger partial charge on any atom is 0.147 e. The highest BCUT2D eigenvalue weighted by Gasteiger charge is 2.20. The first-order chi connectivity index (χ1) is 7.25. The summed E-state index contributed by atoms with van der Waals surface area (Å²) in [5, 5.41) is 0. The average molecular weight is 227 g/mol. The Morgan fingerprint density at radius 3 is 2.93 bits per heavy atom. The van der Waals surface area contributed by atoms with Crippen molar-refractivity contribution in [2.24, 2.45) is 5.92 Å². The number of anilines is 1. The predicted octanol–water partition coefficient (Wildman–Crippen LogP) is 2.88. The lowest BCUT2D eigenvalue weighted by Crippen LogP contribution is -1.95. The molecular formula is C11H14FNOS. The van der Waals surface area contributed by atoms with E-state index in [0.717, 1.165) is 17.4 Å². The van der Waals surface area contributed by atoms with Gasteiger partial charge in [0.2, 0.25) is 0 Å². The second-order valence-electron chi connectivity index (χ2n) is 3.76. The number of hydrogen-bond acceptors (Lipinski definition) is 3. The first-order valence-corrected chi connectivity index (χ1v) is 6.00. The second kappa shape index (κ2) is 4.86. The first kappa shape index (κ1) is 10.8. The molecule has 0 aliphatic heterocycles. The van der Waals surface area contributed by atoms with Crippen LogP contribution in [0.5, 0.6) is 0 Å². The highest BCUT2D eigenvalue weighted by atomic mass is 32.2. The summed E-state index contributed by atoms with van der Waals surface area (Å²) >= 11 is 1.50. The topological polar surface area (TPSA) is 35.2 Å². The fraction of sp³-hybridized carbons (Fsp3) is 0.455. The number of thioether (sulfide) groups is 1. The number of nitrogen functional groups attached to an aromatic ring is 1. The van der Waals surface area contributed by atoms with Crippen LogP contribution < -0.4 is 5.73 Å². The summed E-state index contributed by atoms with van der Waals surface area (Å²) in [6, 6.07) is 4.84. The van der Waals surface area contributed by atoms with E-state index in [1.165, 1.54) is 30.7 Å². The van der Waals surface area contributed by atoms with Crippen LogP contribution in [0.25, 0.3) is 0 Å². The smallest absolute Gasteiger partial charge is 0.147 e. The van der Waals surface area contributed by atoms with Gasteiger partial charge < -0.3 is 10.5 Å². The summed E-state index contributed by atoms with van der Waals surface area (Å²) in [4.78, 5) is 0.859. The van der Waals surface area contributed by atoms with E-state index >= 15 is 0 Å². The minimum atomic E-state index is -0.359. The summed E-state index contributed by atoms with van der Waals surface area (Å²) in [5.41, 5.74) is 5.57. The molecule has 0 saturated heterocycles. The molecule has 0 aromatic heterocycles. The molecule has 15 heavy (non-hydrogen) atoms. The van der Waals surface area contributed by atoms with E-state index in [1.54, 1.807) is 6.07 Å². The van der Waals surface area contributed by atoms with Crippen molar-refractivity contribution in [3.05, 3.63) is 24.0 Å². The molecule has 82 valence electrons. The van der Waals surface area contributed by atoms with Gasteiger partial charge >= 0.3 is 0 Å². The van der Waals surface area contributed by atoms with Crippen molar-refractivity contribution in [2.75, 3.05) is 18.3 Å². The lowest BCUT2D eigenvalue weighted by molar-refractivity contribution is 0.171. The van der Waals surface area contributed by atoms with Gasteiger partial charge in [-0.3, -0.25) is 0 Å². The molecule has 0 heterocycles. The van der Waals surface area contributed by atoms with Crippen LogP contribution in [0.4, 0.5) is 10.1 Å². The zero-order valence-electron chi connectivity index (χ0n) is 8.41. The maximum atomic E-state index is 13.0. The molecule has 0 bridgehead atoms. The van der Waals surface area contributed by atoms with Gasteiger partial charge in [0.15, 0.2) is 0 Å². The van der Waals surface area contributed by atoms with Crippen LogP contribution >= 0.6 is 11.8 Å². The summed E-state index contributed by atoms with van der Waals surface area (Å²) in [7, 11) is 0. The average Bonchev–Trinajstić information content (AvgIpc) is 3.02. The van der Waals surface area contributed by atoms with Crippen molar-refractivity contribution >= 4 is 17.4 Å². The van der Waals surface area contributed by atoms with Crippen molar-refractivity contribution in [2.45, 2.75) is 17.7 Å². The van der Waals surface area contributed by atoms with E-state index in [4.69, 9.17) is 10.5 Å². The largest absolute Gasteiger partial charge is 0.396 e. The molecule has 2 rings (SSSR count). The van der Waals surface area contributed by atoms with E-state index in [0.29, 0.717) is 5.94 Å². The monoisotopic (exact) mass is 227 g/mol. The minimum Gasteiger partial charge on any atom is -0.396 e. The lowest BCUT2D eigenvalue weighted by Gasteiger charge is -2.04. The minimum absolute atomic E-state index is 0.193. The van der Waals surface area contributed by atoms with E-state index in [-0.39, 0.29) is 11.5 Å². The Labute approximate surface area is 93.0 Å². The molecule has 2 nitrogen and oxygen atoms in total. The molecule has 4 heteroatoms. The lowest BCUT2D eigenvalue weighted by atomic mass is 10.3. The number of nitrogens with two attached hydrogens (primary N) is 1. The Morgan fingerprint density at radius 1 is 1.47 bits per heavy atom. The number of ether oxygens (including phenoxy) is 1. The van der Waals surface area contributed by atoms with Gasteiger partial charge in [-0.25, -0.2) is 4.39 Å². The van der Waals surface area contributed by atoms with Crippen LogP contribution in [-0.2, 0) is 4.74 Å². The van der Waals surface area contributed by atoms with Gasteiger partial charge in [-0.05, 0) is 37.0 Å². The molecule has 1 aromatic rings. The number of benzene rings is 1. The summed E-state index contributed by atoms with van der Waals surface area (Å²) in [6.07, 6.45) is 2.59. The Balaban J connectivity index is 1.74. The maximum absolute atomic E-state index is 13.0. The van der Waals surface area contributed by atoms with Gasteiger partial charge in [-0.2, -0.15) is 0 Å². The van der Waals surface area contributed by atoms with Crippen molar-refractivity contribution in [3.63, 3.8) is 0 Å². The zero-order chi connectivity index (χ0) is 10.7. The highest BCUT2D eigenvalue weighted by Crippen LogP contribution is 2.29. The molecule has 1 saturated carbocycles. The second-order valence-corrected chi connectivity index (χ2v) is 4.76. The van der Waals surface area contributed by atoms with Crippen molar-refractivity contribution in [3.8, 4) is 0 Å². The van der Waals surface area contributed by atoms with Crippen LogP contribution in [0.2, 0.25) is 0 Å². The van der Waals surface area contributed by atoms with Gasteiger partial charge in [0.25, 0.3) is 0 Å². The molecule has 1 aliphatic rings. The normalized spacial score (nSPS) is 15.5. The van der Waals surface area contributed by atoms with E-state index < -0.39 is 0 Å². The van der Waals surface area contributed by atoms with Crippen LogP contribution in [0.3, 0.4) is 0 Å². The Hall–Kier alpha value is -0.740. The van der Waals surface area contributed by atoms with Crippen LogP contribution in [-0.4, -0.2) is 12.5 Å². The molecule has 0 radical (unpaired) electrons. The summed E-state index contributed by atoms with van der Waals surface area (Å²) in [5.74, 6) is 0.996.